The van der Waals surface area contributed by atoms with E-state index >= 15 is 0 Å². The number of fused-ring (bicyclic) bond motifs is 1. The molecule has 0 aliphatic carbocycles. The van der Waals surface area contributed by atoms with Crippen molar-refractivity contribution < 1.29 is 61.1 Å². The number of nitrogens with zero attached hydrogens (tertiary/aromatic N) is 5. The summed E-state index contributed by atoms with van der Waals surface area (Å²) in [4.78, 5) is 51.9. The lowest BCUT2D eigenvalue weighted by molar-refractivity contribution is -0.0581. The van der Waals surface area contributed by atoms with E-state index in [-0.39, 0.29) is 17.9 Å². The molecule has 0 spiro atoms. The van der Waals surface area contributed by atoms with E-state index in [0.29, 0.717) is 0 Å². The van der Waals surface area contributed by atoms with Gasteiger partial charge in [0, 0.05) is 6.21 Å². The fourth-order valence-corrected chi connectivity index (χ4v) is 6.48. The fourth-order valence-electron chi connectivity index (χ4n) is 3.45. The Hall–Kier alpha value is -2.14. The Bertz CT molecular complexity index is 1310. The average Bonchev–Trinajstić information content (AvgIpc) is 3.24. The van der Waals surface area contributed by atoms with E-state index in [1.165, 1.54) is 6.21 Å². The van der Waals surface area contributed by atoms with E-state index in [4.69, 9.17) is 14.5 Å². The second-order valence-corrected chi connectivity index (χ2v) is 11.7. The average molecular weight is 555 g/mol. The normalized spacial score (nSPS) is 31.7. The third-order valence-corrected chi connectivity index (χ3v) is 8.84. The van der Waals surface area contributed by atoms with Crippen molar-refractivity contribution >= 4 is 35.5 Å². The van der Waals surface area contributed by atoms with Gasteiger partial charge < -0.3 is 29.4 Å². The van der Waals surface area contributed by atoms with Gasteiger partial charge in [-0.2, -0.15) is 24.2 Å². The van der Waals surface area contributed by atoms with Crippen molar-refractivity contribution in [1.29, 1.82) is 10.5 Å². The smallest absolute Gasteiger partial charge is 0.388 e. The number of hydrogen-bond donors (Lipinski definition) is 5. The number of nitriles is 2. The van der Waals surface area contributed by atoms with Gasteiger partial charge in [0.15, 0.2) is 5.82 Å². The number of rotatable bonds is 8. The molecule has 21 heteroatoms. The molecule has 3 rings (SSSR count). The molecule has 0 amide bonds. The van der Waals surface area contributed by atoms with Crippen LogP contribution in [-0.2, 0) is 37.2 Å². The Balaban J connectivity index is 1.89. The van der Waals surface area contributed by atoms with Gasteiger partial charge in [0.1, 0.15) is 29.4 Å². The van der Waals surface area contributed by atoms with Crippen molar-refractivity contribution in [3.05, 3.63) is 17.7 Å². The Morgan fingerprint density at radius 1 is 1.20 bits per heavy atom. The first kappa shape index (κ1) is 27.4. The zero-order chi connectivity index (χ0) is 26.4. The number of Topliss-reactive ketones (excluding diaryl/α,β-unsaturated/α-hetero) is 1. The minimum absolute atomic E-state index is 0.0717. The summed E-state index contributed by atoms with van der Waals surface area (Å²) in [5, 5.41) is 34.5. The number of imidazole rings is 1. The number of ketones is 1. The quantitative estimate of drug-likeness (QED) is 0.256. The number of hydrogen-bond acceptors (Lipinski definition) is 13. The van der Waals surface area contributed by atoms with E-state index in [9.17, 15) is 43.9 Å². The highest BCUT2D eigenvalue weighted by Crippen LogP contribution is 2.66. The van der Waals surface area contributed by atoms with E-state index in [1.54, 1.807) is 12.1 Å². The van der Waals surface area contributed by atoms with Gasteiger partial charge >= 0.3 is 23.5 Å². The molecule has 190 valence electrons. The zero-order valence-corrected chi connectivity index (χ0v) is 20.0. The summed E-state index contributed by atoms with van der Waals surface area (Å²) >= 11 is 0. The standard InChI is InChI=1S/C14H16N5O13P3/c1-13(6-15)11(21)9(5-29-34(25,26)32-35(27,28)31-33(22,23)24)30-14(13,7-16)10-4-17-12-8(20)2-3-18-19(10)12/h3-4,9,11,21H,2,5H2,1H3,(H,25,26)(H,27,28)(H2,22,23,24)/t9-,11-,13-,14+/m1/s1. The van der Waals surface area contributed by atoms with Crippen molar-refractivity contribution in [2.24, 2.45) is 10.5 Å². The molecule has 2 aliphatic heterocycles. The fraction of sp³-hybridized carbons (Fsp3) is 0.500. The number of phosphoric ester groups is 1. The second-order valence-electron chi connectivity index (χ2n) is 7.30. The van der Waals surface area contributed by atoms with Crippen molar-refractivity contribution in [2.45, 2.75) is 31.2 Å². The summed E-state index contributed by atoms with van der Waals surface area (Å²) in [7, 11) is -17.0. The third-order valence-electron chi connectivity index (χ3n) is 5.03. The number of ether oxygens (including phenoxy) is 1. The van der Waals surface area contributed by atoms with Crippen LogP contribution in [0.4, 0.5) is 0 Å². The van der Waals surface area contributed by atoms with Crippen LogP contribution in [-0.4, -0.2) is 65.2 Å². The van der Waals surface area contributed by atoms with Crippen LogP contribution in [0.2, 0.25) is 0 Å². The summed E-state index contributed by atoms with van der Waals surface area (Å²) in [6.45, 7) is -0.00518. The molecule has 1 aromatic rings. The molecule has 3 heterocycles. The van der Waals surface area contributed by atoms with E-state index in [0.717, 1.165) is 17.8 Å². The Labute approximate surface area is 195 Å². The molecule has 2 aliphatic rings. The van der Waals surface area contributed by atoms with Crippen LogP contribution in [0.25, 0.3) is 0 Å². The van der Waals surface area contributed by atoms with Gasteiger partial charge in [0.05, 0.1) is 25.3 Å². The van der Waals surface area contributed by atoms with E-state index < -0.39 is 59.1 Å². The lowest BCUT2D eigenvalue weighted by atomic mass is 9.71. The Morgan fingerprint density at radius 2 is 1.86 bits per heavy atom. The number of aromatic nitrogens is 2. The monoisotopic (exact) mass is 555 g/mol. The van der Waals surface area contributed by atoms with Crippen molar-refractivity contribution in [3.63, 3.8) is 0 Å². The van der Waals surface area contributed by atoms with Crippen molar-refractivity contribution in [2.75, 3.05) is 6.61 Å². The largest absolute Gasteiger partial charge is 0.490 e. The maximum Gasteiger partial charge on any atom is 0.490 e. The lowest BCUT2D eigenvalue weighted by Gasteiger charge is -2.32. The number of aliphatic hydroxyl groups is 1. The highest BCUT2D eigenvalue weighted by molar-refractivity contribution is 7.66. The molecular formula is C14H16N5O13P3. The minimum atomic E-state index is -5.80. The van der Waals surface area contributed by atoms with Crippen molar-refractivity contribution in [1.82, 2.24) is 9.66 Å². The van der Waals surface area contributed by atoms with Gasteiger partial charge in [0.2, 0.25) is 11.4 Å². The summed E-state index contributed by atoms with van der Waals surface area (Å²) in [5.41, 5.74) is -4.66. The molecular weight excluding hydrogens is 539 g/mol. The van der Waals surface area contributed by atoms with Crippen LogP contribution in [0.15, 0.2) is 11.3 Å². The minimum Gasteiger partial charge on any atom is -0.388 e. The summed E-state index contributed by atoms with van der Waals surface area (Å²) < 4.78 is 52.4. The summed E-state index contributed by atoms with van der Waals surface area (Å²) in [5.74, 6) is -0.632. The van der Waals surface area contributed by atoms with Crippen LogP contribution in [0.5, 0.6) is 0 Å². The van der Waals surface area contributed by atoms with E-state index in [2.05, 4.69) is 23.2 Å². The predicted octanol–water partition coefficient (Wildman–Crippen LogP) is -0.345. The number of carbonyl (C=O) groups is 1. The SMILES string of the molecule is C[C@@]1(C#N)[C@H](O)[C@@H](COP(=O)(O)OP(=O)(O)OP(=O)(O)O)O[C@@]1(C#N)c1cnc2n1N=CCC2=O. The first-order valence-electron chi connectivity index (χ1n) is 9.12. The zero-order valence-electron chi connectivity index (χ0n) is 17.3. The first-order valence-corrected chi connectivity index (χ1v) is 13.6. The van der Waals surface area contributed by atoms with Crippen LogP contribution >= 0.6 is 23.5 Å². The molecule has 1 saturated heterocycles. The van der Waals surface area contributed by atoms with Gasteiger partial charge in [-0.1, -0.05) is 0 Å². The number of aliphatic hydroxyl groups excluding tert-OH is 1. The van der Waals surface area contributed by atoms with Crippen LogP contribution in [0.1, 0.15) is 29.7 Å². The van der Waals surface area contributed by atoms with Gasteiger partial charge in [-0.25, -0.2) is 23.4 Å². The van der Waals surface area contributed by atoms with Crippen LogP contribution in [0, 0.1) is 28.1 Å². The van der Waals surface area contributed by atoms with Gasteiger partial charge in [-0.15, -0.1) is 0 Å². The lowest BCUT2D eigenvalue weighted by Crippen LogP contribution is -2.45. The van der Waals surface area contributed by atoms with E-state index in [1.807, 2.05) is 0 Å². The molecule has 2 unspecified atom stereocenters. The summed E-state index contributed by atoms with van der Waals surface area (Å²) in [6.07, 6.45) is -1.44. The molecule has 18 nitrogen and oxygen atoms in total. The van der Waals surface area contributed by atoms with Crippen molar-refractivity contribution in [3.8, 4) is 12.1 Å². The molecule has 0 aromatic carbocycles. The summed E-state index contributed by atoms with van der Waals surface area (Å²) in [6, 6.07) is 3.49. The second kappa shape index (κ2) is 9.06. The molecule has 1 fully saturated rings. The molecule has 35 heavy (non-hydrogen) atoms. The maximum atomic E-state index is 12.1. The van der Waals surface area contributed by atoms with Gasteiger partial charge in [0.25, 0.3) is 0 Å². The first-order chi connectivity index (χ1) is 16.0. The third kappa shape index (κ3) is 5.07. The Morgan fingerprint density at radius 3 is 2.43 bits per heavy atom. The number of carbonyl (C=O) groups excluding carboxylic acids is 1. The molecule has 0 saturated carbocycles. The molecule has 1 aromatic heterocycles. The van der Waals surface area contributed by atoms with Gasteiger partial charge in [-0.05, 0) is 6.92 Å². The topological polar surface area (TPSA) is 284 Å². The molecule has 0 radical (unpaired) electrons. The van der Waals surface area contributed by atoms with Gasteiger partial charge in [-0.3, -0.25) is 9.32 Å². The Kier molecular flexibility index (Phi) is 7.11. The maximum absolute atomic E-state index is 12.1. The highest BCUT2D eigenvalue weighted by atomic mass is 31.3. The van der Waals surface area contributed by atoms with Crippen LogP contribution < -0.4 is 0 Å². The molecule has 0 bridgehead atoms. The highest BCUT2D eigenvalue weighted by Gasteiger charge is 2.67. The number of phosphoric acid groups is 3. The predicted molar refractivity (Wildman–Crippen MR) is 107 cm³/mol. The van der Waals surface area contributed by atoms with Crippen LogP contribution in [0.3, 0.4) is 0 Å². The molecule has 6 atom stereocenters. The molecule has 5 N–H and O–H groups in total.